The topological polar surface area (TPSA) is 56.9 Å². The van der Waals surface area contributed by atoms with Gasteiger partial charge in [-0.25, -0.2) is 9.97 Å². The summed E-state index contributed by atoms with van der Waals surface area (Å²) in [6.07, 6.45) is 8.56. The molecule has 0 atom stereocenters. The number of rotatable bonds is 8. The Morgan fingerprint density at radius 1 is 1.21 bits per heavy atom. The van der Waals surface area contributed by atoms with Crippen molar-refractivity contribution in [3.8, 4) is 0 Å². The second kappa shape index (κ2) is 7.06. The molecule has 0 aromatic carbocycles. The van der Waals surface area contributed by atoms with E-state index in [1.54, 1.807) is 7.11 Å². The average Bonchev–Trinajstić information content (AvgIpc) is 3.01. The molecule has 19 heavy (non-hydrogen) atoms. The molecular weight excluding hydrogens is 242 g/mol. The van der Waals surface area contributed by atoms with Crippen LogP contribution in [-0.2, 0) is 31.3 Å². The fourth-order valence-corrected chi connectivity index (χ4v) is 1.94. The first-order valence-electron chi connectivity index (χ1n) is 6.47. The third-order valence-electron chi connectivity index (χ3n) is 3.07. The van der Waals surface area contributed by atoms with Gasteiger partial charge in [-0.15, -0.1) is 0 Å². The van der Waals surface area contributed by atoms with Crippen molar-refractivity contribution >= 4 is 0 Å². The highest BCUT2D eigenvalue weighted by molar-refractivity contribution is 4.95. The van der Waals surface area contributed by atoms with Gasteiger partial charge in [-0.1, -0.05) is 0 Å². The summed E-state index contributed by atoms with van der Waals surface area (Å²) in [5.41, 5.74) is 0. The maximum Gasteiger partial charge on any atom is 0.122 e. The molecule has 0 radical (unpaired) electrons. The average molecular weight is 263 g/mol. The Bertz CT molecular complexity index is 491. The van der Waals surface area contributed by atoms with Crippen molar-refractivity contribution in [3.05, 3.63) is 36.4 Å². The van der Waals surface area contributed by atoms with Gasteiger partial charge in [0.05, 0.1) is 13.2 Å². The number of aromatic nitrogens is 4. The molecule has 1 N–H and O–H groups in total. The number of hydrogen-bond acceptors (Lipinski definition) is 4. The Hall–Kier alpha value is -1.66. The maximum atomic E-state index is 5.00. The molecule has 0 aliphatic heterocycles. The molecule has 0 saturated carbocycles. The maximum absolute atomic E-state index is 5.00. The zero-order valence-corrected chi connectivity index (χ0v) is 11.5. The van der Waals surface area contributed by atoms with Crippen molar-refractivity contribution in [2.75, 3.05) is 20.3 Å². The first-order valence-corrected chi connectivity index (χ1v) is 6.47. The predicted molar refractivity (Wildman–Crippen MR) is 72.7 cm³/mol. The third kappa shape index (κ3) is 3.90. The SMILES string of the molecule is COCCNCc1nccn1CCc1nccn1C. The minimum Gasteiger partial charge on any atom is -0.383 e. The van der Waals surface area contributed by atoms with Crippen molar-refractivity contribution < 1.29 is 4.74 Å². The molecular formula is C13H21N5O. The number of nitrogens with one attached hydrogen (secondary N) is 1. The van der Waals surface area contributed by atoms with Crippen LogP contribution in [0.5, 0.6) is 0 Å². The number of aryl methyl sites for hydroxylation is 3. The van der Waals surface area contributed by atoms with Crippen molar-refractivity contribution in [2.24, 2.45) is 7.05 Å². The van der Waals surface area contributed by atoms with Crippen LogP contribution in [0.15, 0.2) is 24.8 Å². The molecule has 0 aliphatic rings. The van der Waals surface area contributed by atoms with E-state index in [4.69, 9.17) is 4.74 Å². The van der Waals surface area contributed by atoms with Crippen molar-refractivity contribution in [1.82, 2.24) is 24.4 Å². The first-order chi connectivity index (χ1) is 9.31. The van der Waals surface area contributed by atoms with Crippen LogP contribution < -0.4 is 5.32 Å². The molecule has 0 unspecified atom stereocenters. The van der Waals surface area contributed by atoms with E-state index in [-0.39, 0.29) is 0 Å². The number of ether oxygens (including phenoxy) is 1. The summed E-state index contributed by atoms with van der Waals surface area (Å²) in [7, 11) is 3.72. The molecule has 2 aromatic rings. The lowest BCUT2D eigenvalue weighted by Crippen LogP contribution is -2.21. The molecule has 0 spiro atoms. The highest BCUT2D eigenvalue weighted by atomic mass is 16.5. The van der Waals surface area contributed by atoms with Gasteiger partial charge in [0, 0.05) is 58.5 Å². The first kappa shape index (κ1) is 13.8. The summed E-state index contributed by atoms with van der Waals surface area (Å²) in [5.74, 6) is 2.14. The summed E-state index contributed by atoms with van der Waals surface area (Å²) in [6, 6.07) is 0. The summed E-state index contributed by atoms with van der Waals surface area (Å²) < 4.78 is 9.21. The molecule has 0 saturated heterocycles. The van der Waals surface area contributed by atoms with Crippen LogP contribution in [0, 0.1) is 0 Å². The number of methoxy groups -OCH3 is 1. The summed E-state index contributed by atoms with van der Waals surface area (Å²) >= 11 is 0. The zero-order valence-electron chi connectivity index (χ0n) is 11.5. The quantitative estimate of drug-likeness (QED) is 0.708. The lowest BCUT2D eigenvalue weighted by molar-refractivity contribution is 0.199. The van der Waals surface area contributed by atoms with E-state index in [0.717, 1.165) is 37.7 Å². The second-order valence-corrected chi connectivity index (χ2v) is 4.41. The summed E-state index contributed by atoms with van der Waals surface area (Å²) in [4.78, 5) is 8.70. The Kier molecular flexibility index (Phi) is 5.11. The van der Waals surface area contributed by atoms with Crippen LogP contribution in [0.2, 0.25) is 0 Å². The van der Waals surface area contributed by atoms with E-state index in [9.17, 15) is 0 Å². The van der Waals surface area contributed by atoms with Gasteiger partial charge in [0.2, 0.25) is 0 Å². The van der Waals surface area contributed by atoms with Crippen LogP contribution in [0.1, 0.15) is 11.6 Å². The van der Waals surface area contributed by atoms with Gasteiger partial charge in [-0.2, -0.15) is 0 Å². The van der Waals surface area contributed by atoms with Gasteiger partial charge in [0.1, 0.15) is 11.6 Å². The largest absolute Gasteiger partial charge is 0.383 e. The number of imidazole rings is 2. The molecule has 0 aliphatic carbocycles. The smallest absolute Gasteiger partial charge is 0.122 e. The molecule has 104 valence electrons. The van der Waals surface area contributed by atoms with Gasteiger partial charge in [-0.05, 0) is 0 Å². The van der Waals surface area contributed by atoms with E-state index >= 15 is 0 Å². The second-order valence-electron chi connectivity index (χ2n) is 4.41. The van der Waals surface area contributed by atoms with Gasteiger partial charge in [0.15, 0.2) is 0 Å². The van der Waals surface area contributed by atoms with Gasteiger partial charge < -0.3 is 19.2 Å². The van der Waals surface area contributed by atoms with E-state index in [0.29, 0.717) is 6.61 Å². The van der Waals surface area contributed by atoms with Crippen molar-refractivity contribution in [1.29, 1.82) is 0 Å². The normalized spacial score (nSPS) is 11.1. The van der Waals surface area contributed by atoms with E-state index in [2.05, 4.69) is 19.9 Å². The van der Waals surface area contributed by atoms with Crippen LogP contribution >= 0.6 is 0 Å². The highest BCUT2D eigenvalue weighted by Gasteiger charge is 2.04. The van der Waals surface area contributed by atoms with Crippen LogP contribution in [0.3, 0.4) is 0 Å². The third-order valence-corrected chi connectivity index (χ3v) is 3.07. The van der Waals surface area contributed by atoms with Gasteiger partial charge in [0.25, 0.3) is 0 Å². The van der Waals surface area contributed by atoms with Crippen LogP contribution in [0.25, 0.3) is 0 Å². The standard InChI is InChI=1S/C13H21N5O/c1-17-8-4-15-12(17)3-7-18-9-5-16-13(18)11-14-6-10-19-2/h4-5,8-9,14H,3,6-7,10-11H2,1-2H3. The molecule has 2 heterocycles. The summed E-state index contributed by atoms with van der Waals surface area (Å²) in [5, 5.41) is 3.30. The fraction of sp³-hybridized carbons (Fsp3) is 0.538. The number of hydrogen-bond donors (Lipinski definition) is 1. The van der Waals surface area contributed by atoms with E-state index in [1.165, 1.54) is 0 Å². The zero-order chi connectivity index (χ0) is 13.5. The molecule has 6 heteroatoms. The van der Waals surface area contributed by atoms with Crippen molar-refractivity contribution in [2.45, 2.75) is 19.5 Å². The Morgan fingerprint density at radius 3 is 2.74 bits per heavy atom. The van der Waals surface area contributed by atoms with E-state index < -0.39 is 0 Å². The van der Waals surface area contributed by atoms with Gasteiger partial charge in [-0.3, -0.25) is 0 Å². The molecule has 6 nitrogen and oxygen atoms in total. The number of nitrogens with zero attached hydrogens (tertiary/aromatic N) is 4. The summed E-state index contributed by atoms with van der Waals surface area (Å²) in [6.45, 7) is 3.21. The monoisotopic (exact) mass is 263 g/mol. The minimum absolute atomic E-state index is 0.716. The fourth-order valence-electron chi connectivity index (χ4n) is 1.94. The van der Waals surface area contributed by atoms with Gasteiger partial charge >= 0.3 is 0 Å². The van der Waals surface area contributed by atoms with E-state index in [1.807, 2.05) is 36.4 Å². The molecule has 0 bridgehead atoms. The van der Waals surface area contributed by atoms with Crippen molar-refractivity contribution in [3.63, 3.8) is 0 Å². The minimum atomic E-state index is 0.716. The Balaban J connectivity index is 1.83. The molecule has 2 rings (SSSR count). The lowest BCUT2D eigenvalue weighted by atomic mass is 10.4. The predicted octanol–water partition coefficient (Wildman–Crippen LogP) is 0.595. The van der Waals surface area contributed by atoms with Crippen LogP contribution in [0.4, 0.5) is 0 Å². The molecule has 0 amide bonds. The highest BCUT2D eigenvalue weighted by Crippen LogP contribution is 2.02. The Morgan fingerprint density at radius 2 is 2.00 bits per heavy atom. The molecule has 2 aromatic heterocycles. The molecule has 0 fully saturated rings. The lowest BCUT2D eigenvalue weighted by Gasteiger charge is -2.08. The Labute approximate surface area is 113 Å². The van der Waals surface area contributed by atoms with Crippen LogP contribution in [-0.4, -0.2) is 39.4 Å².